The molecule has 3 atom stereocenters. The van der Waals surface area contributed by atoms with Gasteiger partial charge in [0, 0.05) is 49.8 Å². The third-order valence-electron chi connectivity index (χ3n) is 5.27. The zero-order valence-corrected chi connectivity index (χ0v) is 16.3. The van der Waals surface area contributed by atoms with Crippen LogP contribution in [0.1, 0.15) is 40.0 Å². The molecule has 2 heterocycles. The molecule has 6 heteroatoms. The summed E-state index contributed by atoms with van der Waals surface area (Å²) in [6.07, 6.45) is 3.71. The molecule has 3 unspecified atom stereocenters. The van der Waals surface area contributed by atoms with Crippen LogP contribution < -0.4 is 10.6 Å². The van der Waals surface area contributed by atoms with Crippen LogP contribution in [-0.4, -0.2) is 50.5 Å². The van der Waals surface area contributed by atoms with Crippen LogP contribution in [-0.2, 0) is 9.47 Å². The average molecular weight is 423 g/mol. The summed E-state index contributed by atoms with van der Waals surface area (Å²) in [6.45, 7) is 10.1. The highest BCUT2D eigenvalue weighted by Gasteiger charge is 2.59. The first kappa shape index (κ1) is 18.3. The van der Waals surface area contributed by atoms with Gasteiger partial charge in [-0.1, -0.05) is 13.8 Å². The van der Waals surface area contributed by atoms with E-state index in [-0.39, 0.29) is 29.4 Å². The first-order valence-electron chi connectivity index (χ1n) is 8.39. The predicted octanol–water partition coefficient (Wildman–Crippen LogP) is 2.15. The maximum absolute atomic E-state index is 5.87. The second-order valence-corrected chi connectivity index (χ2v) is 7.04. The Morgan fingerprint density at radius 3 is 2.55 bits per heavy atom. The number of fused-ring (bicyclic) bond motifs is 1. The van der Waals surface area contributed by atoms with Crippen molar-refractivity contribution >= 4 is 29.9 Å². The Labute approximate surface area is 151 Å². The molecule has 0 amide bonds. The lowest BCUT2D eigenvalue weighted by Gasteiger charge is -2.55. The molecule has 2 aliphatic heterocycles. The fraction of sp³-hybridized carbons (Fsp3) is 0.938. The molecule has 2 saturated heterocycles. The Kier molecular flexibility index (Phi) is 6.36. The minimum Gasteiger partial charge on any atom is -0.381 e. The number of hydrogen-bond acceptors (Lipinski definition) is 3. The standard InChI is InChI=1S/C16H29N3O2.HI/c1-4-17-15(18-11-5-8-20-9-6-11)19-13-12-7-10-21-14(12)16(13,2)3;/h11-14H,4-10H2,1-3H3,(H2,17,18,19);1H. The van der Waals surface area contributed by atoms with Gasteiger partial charge in [0.1, 0.15) is 0 Å². The summed E-state index contributed by atoms with van der Waals surface area (Å²) in [6, 6.07) is 0.943. The maximum atomic E-state index is 5.87. The van der Waals surface area contributed by atoms with Crippen LogP contribution in [0.3, 0.4) is 0 Å². The molecule has 128 valence electrons. The summed E-state index contributed by atoms with van der Waals surface area (Å²) in [5.41, 5.74) is 0.188. The fourth-order valence-electron chi connectivity index (χ4n) is 4.09. The number of rotatable bonds is 3. The van der Waals surface area contributed by atoms with Gasteiger partial charge >= 0.3 is 0 Å². The van der Waals surface area contributed by atoms with E-state index in [1.165, 1.54) is 6.42 Å². The van der Waals surface area contributed by atoms with E-state index in [1.807, 2.05) is 0 Å². The average Bonchev–Trinajstić information content (AvgIpc) is 2.93. The summed E-state index contributed by atoms with van der Waals surface area (Å²) < 4.78 is 11.3. The van der Waals surface area contributed by atoms with E-state index in [0.717, 1.165) is 45.2 Å². The molecule has 0 aromatic heterocycles. The zero-order chi connectivity index (χ0) is 14.9. The van der Waals surface area contributed by atoms with Crippen molar-refractivity contribution in [2.24, 2.45) is 16.3 Å². The molecule has 1 saturated carbocycles. The molecule has 0 spiro atoms. The lowest BCUT2D eigenvalue weighted by molar-refractivity contribution is -0.107. The summed E-state index contributed by atoms with van der Waals surface area (Å²) >= 11 is 0. The number of nitrogens with zero attached hydrogens (tertiary/aromatic N) is 1. The molecule has 1 aliphatic carbocycles. The molecule has 0 aromatic rings. The van der Waals surface area contributed by atoms with E-state index in [9.17, 15) is 0 Å². The van der Waals surface area contributed by atoms with E-state index < -0.39 is 0 Å². The Hall–Kier alpha value is -0.0800. The van der Waals surface area contributed by atoms with Crippen molar-refractivity contribution in [3.05, 3.63) is 0 Å². The normalized spacial score (nSPS) is 34.3. The quantitative estimate of drug-likeness (QED) is 0.415. The van der Waals surface area contributed by atoms with Gasteiger partial charge in [0.05, 0.1) is 6.10 Å². The van der Waals surface area contributed by atoms with Crippen LogP contribution in [0.5, 0.6) is 0 Å². The van der Waals surface area contributed by atoms with Gasteiger partial charge < -0.3 is 20.1 Å². The van der Waals surface area contributed by atoms with Gasteiger partial charge in [0.15, 0.2) is 5.96 Å². The molecule has 2 N–H and O–H groups in total. The van der Waals surface area contributed by atoms with Crippen LogP contribution in [0.2, 0.25) is 0 Å². The van der Waals surface area contributed by atoms with Crippen molar-refractivity contribution in [3.8, 4) is 0 Å². The molecule has 0 aromatic carbocycles. The number of aliphatic imine (C=N–C) groups is 1. The third-order valence-corrected chi connectivity index (χ3v) is 5.27. The van der Waals surface area contributed by atoms with Gasteiger partial charge in [0.2, 0.25) is 0 Å². The van der Waals surface area contributed by atoms with E-state index in [4.69, 9.17) is 9.47 Å². The van der Waals surface area contributed by atoms with Crippen molar-refractivity contribution < 1.29 is 9.47 Å². The van der Waals surface area contributed by atoms with Crippen molar-refractivity contribution in [2.45, 2.75) is 58.2 Å². The number of guanidine groups is 1. The lowest BCUT2D eigenvalue weighted by Crippen LogP contribution is -2.68. The summed E-state index contributed by atoms with van der Waals surface area (Å²) in [4.78, 5) is 4.63. The Balaban J connectivity index is 0.00000176. The van der Waals surface area contributed by atoms with Crippen LogP contribution in [0.25, 0.3) is 0 Å². The Bertz CT molecular complexity index is 397. The van der Waals surface area contributed by atoms with E-state index in [1.54, 1.807) is 0 Å². The lowest BCUT2D eigenvalue weighted by atomic mass is 9.57. The highest BCUT2D eigenvalue weighted by atomic mass is 127. The molecular weight excluding hydrogens is 393 g/mol. The largest absolute Gasteiger partial charge is 0.381 e. The Morgan fingerprint density at radius 2 is 1.86 bits per heavy atom. The number of nitrogens with one attached hydrogen (secondary N) is 2. The van der Waals surface area contributed by atoms with E-state index in [2.05, 4.69) is 36.4 Å². The second kappa shape index (κ2) is 7.66. The van der Waals surface area contributed by atoms with Gasteiger partial charge in [-0.2, -0.15) is 0 Å². The van der Waals surface area contributed by atoms with Gasteiger partial charge in [-0.15, -0.1) is 24.0 Å². The third kappa shape index (κ3) is 3.53. The van der Waals surface area contributed by atoms with E-state index in [0.29, 0.717) is 24.1 Å². The van der Waals surface area contributed by atoms with Gasteiger partial charge in [-0.3, -0.25) is 4.99 Å². The highest BCUT2D eigenvalue weighted by molar-refractivity contribution is 14.0. The first-order chi connectivity index (χ1) is 10.1. The smallest absolute Gasteiger partial charge is 0.191 e. The van der Waals surface area contributed by atoms with Crippen LogP contribution >= 0.6 is 24.0 Å². The maximum Gasteiger partial charge on any atom is 0.191 e. The Morgan fingerprint density at radius 1 is 1.14 bits per heavy atom. The monoisotopic (exact) mass is 423 g/mol. The summed E-state index contributed by atoms with van der Waals surface area (Å²) in [5.74, 6) is 1.60. The molecule has 5 nitrogen and oxygen atoms in total. The number of halogens is 1. The number of ether oxygens (including phenoxy) is 2. The SMILES string of the molecule is CCN=C(NC1CCOCC1)NC1C2CCOC2C1(C)C.I. The predicted molar refractivity (Wildman–Crippen MR) is 98.9 cm³/mol. The molecular formula is C16H30IN3O2. The van der Waals surface area contributed by atoms with Crippen LogP contribution in [0.4, 0.5) is 0 Å². The van der Waals surface area contributed by atoms with Crippen molar-refractivity contribution in [1.82, 2.24) is 10.6 Å². The van der Waals surface area contributed by atoms with Crippen molar-refractivity contribution in [1.29, 1.82) is 0 Å². The van der Waals surface area contributed by atoms with Crippen LogP contribution in [0, 0.1) is 11.3 Å². The highest BCUT2D eigenvalue weighted by Crippen LogP contribution is 2.52. The van der Waals surface area contributed by atoms with Gasteiger partial charge in [-0.05, 0) is 26.2 Å². The molecule has 0 radical (unpaired) electrons. The van der Waals surface area contributed by atoms with Crippen LogP contribution in [0.15, 0.2) is 4.99 Å². The topological polar surface area (TPSA) is 54.9 Å². The van der Waals surface area contributed by atoms with Gasteiger partial charge in [0.25, 0.3) is 0 Å². The van der Waals surface area contributed by atoms with E-state index >= 15 is 0 Å². The molecule has 3 rings (SSSR count). The first-order valence-corrected chi connectivity index (χ1v) is 8.39. The minimum atomic E-state index is 0. The summed E-state index contributed by atoms with van der Waals surface area (Å²) in [5, 5.41) is 7.27. The second-order valence-electron chi connectivity index (χ2n) is 7.04. The zero-order valence-electron chi connectivity index (χ0n) is 13.9. The van der Waals surface area contributed by atoms with Crippen molar-refractivity contribution in [3.63, 3.8) is 0 Å². The van der Waals surface area contributed by atoms with Gasteiger partial charge in [-0.25, -0.2) is 0 Å². The molecule has 22 heavy (non-hydrogen) atoms. The van der Waals surface area contributed by atoms with Crippen molar-refractivity contribution in [2.75, 3.05) is 26.4 Å². The minimum absolute atomic E-state index is 0. The summed E-state index contributed by atoms with van der Waals surface area (Å²) in [7, 11) is 0. The molecule has 0 bridgehead atoms. The molecule has 3 aliphatic rings. The number of hydrogen-bond donors (Lipinski definition) is 2. The molecule has 3 fully saturated rings. The fourth-order valence-corrected chi connectivity index (χ4v) is 4.09.